The van der Waals surface area contributed by atoms with Crippen LogP contribution in [-0.2, 0) is 20.7 Å². The minimum atomic E-state index is -0.543. The topological polar surface area (TPSA) is 64.6 Å². The van der Waals surface area contributed by atoms with Gasteiger partial charge in [0.15, 0.2) is 0 Å². The van der Waals surface area contributed by atoms with Gasteiger partial charge >= 0.3 is 12.1 Å². The number of rotatable bonds is 5. The summed E-state index contributed by atoms with van der Waals surface area (Å²) in [5.41, 5.74) is 2.24. The van der Waals surface area contributed by atoms with Gasteiger partial charge in [-0.15, -0.1) is 0 Å². The average Bonchev–Trinajstić information content (AvgIpc) is 3.03. The first-order valence-corrected chi connectivity index (χ1v) is 8.91. The number of allylic oxidation sites excluding steroid dienone is 1. The van der Waals surface area contributed by atoms with Crippen LogP contribution >= 0.6 is 15.9 Å². The molecule has 1 aromatic rings. The lowest BCUT2D eigenvalue weighted by Gasteiger charge is -2.24. The predicted octanol–water partition coefficient (Wildman–Crippen LogP) is 4.24. The zero-order valence-electron chi connectivity index (χ0n) is 13.8. The van der Waals surface area contributed by atoms with Crippen LogP contribution in [0.5, 0.6) is 0 Å². The van der Waals surface area contributed by atoms with Gasteiger partial charge in [0.05, 0.1) is 17.7 Å². The molecule has 1 saturated carbocycles. The van der Waals surface area contributed by atoms with Crippen molar-refractivity contribution in [3.8, 4) is 0 Å². The Balaban J connectivity index is 1.75. The Morgan fingerprint density at radius 1 is 1.52 bits per heavy atom. The second-order valence-corrected chi connectivity index (χ2v) is 7.44. The van der Waals surface area contributed by atoms with Gasteiger partial charge < -0.3 is 9.47 Å². The van der Waals surface area contributed by atoms with Crippen LogP contribution in [-0.4, -0.2) is 25.3 Å². The van der Waals surface area contributed by atoms with E-state index in [9.17, 15) is 9.59 Å². The quantitative estimate of drug-likeness (QED) is 0.587. The van der Waals surface area contributed by atoms with Crippen LogP contribution < -0.4 is 5.32 Å². The summed E-state index contributed by atoms with van der Waals surface area (Å²) in [6.07, 6.45) is 3.10. The van der Waals surface area contributed by atoms with Crippen molar-refractivity contribution in [3.05, 3.63) is 53.0 Å². The lowest BCUT2D eigenvalue weighted by molar-refractivity contribution is -0.146. The third-order valence-corrected chi connectivity index (χ3v) is 5.48. The highest BCUT2D eigenvalue weighted by atomic mass is 79.9. The third kappa shape index (κ3) is 3.49. The molecule has 3 rings (SSSR count). The van der Waals surface area contributed by atoms with Gasteiger partial charge in [-0.2, -0.15) is 0 Å². The van der Waals surface area contributed by atoms with E-state index in [1.807, 2.05) is 12.1 Å². The highest BCUT2D eigenvalue weighted by Crippen LogP contribution is 2.52. The number of benzene rings is 1. The highest BCUT2D eigenvalue weighted by Gasteiger charge is 2.55. The number of carbonyl (C=O) groups excluding carboxylic acids is 2. The molecule has 25 heavy (non-hydrogen) atoms. The number of fused-ring (bicyclic) bond motifs is 1. The second kappa shape index (κ2) is 7.04. The molecule has 0 radical (unpaired) electrons. The first kappa shape index (κ1) is 17.7. The fourth-order valence-corrected chi connectivity index (χ4v) is 4.20. The van der Waals surface area contributed by atoms with Crippen molar-refractivity contribution >= 4 is 33.7 Å². The van der Waals surface area contributed by atoms with Crippen LogP contribution in [0.1, 0.15) is 18.4 Å². The number of hydrogen-bond acceptors (Lipinski definition) is 4. The molecule has 1 heterocycles. The van der Waals surface area contributed by atoms with Crippen LogP contribution in [0.15, 0.2) is 47.5 Å². The zero-order valence-corrected chi connectivity index (χ0v) is 15.4. The number of ether oxygens (including phenoxy) is 2. The van der Waals surface area contributed by atoms with Gasteiger partial charge in [0, 0.05) is 10.4 Å². The fraction of sp³-hybridized carbons (Fsp3) is 0.368. The first-order chi connectivity index (χ1) is 11.9. The van der Waals surface area contributed by atoms with Crippen molar-refractivity contribution in [2.24, 2.45) is 11.3 Å². The maximum absolute atomic E-state index is 12.4. The molecule has 0 aromatic heterocycles. The number of nitrogens with one attached hydrogen (secondary N) is 1. The highest BCUT2D eigenvalue weighted by molar-refractivity contribution is 9.10. The molecule has 0 bridgehead atoms. The van der Waals surface area contributed by atoms with E-state index >= 15 is 0 Å². The summed E-state index contributed by atoms with van der Waals surface area (Å²) in [6.45, 7) is 8.19. The average molecular weight is 406 g/mol. The summed E-state index contributed by atoms with van der Waals surface area (Å²) in [5.74, 6) is 0.0837. The molecule has 2 fully saturated rings. The Morgan fingerprint density at radius 2 is 2.32 bits per heavy atom. The van der Waals surface area contributed by atoms with E-state index in [2.05, 4.69) is 34.4 Å². The standard InChI is InChI=1S/C19H20BrNO4/c1-3-6-24-18(23)21-16-5-4-13(8-15(16)20)10-19-9-12(2)7-14(19)11-25-17(19)22/h3-5,8,14H,1-2,6-7,9-11H2,(H,21,23). The summed E-state index contributed by atoms with van der Waals surface area (Å²) in [5, 5.41) is 2.66. The van der Waals surface area contributed by atoms with Gasteiger partial charge in [0.1, 0.15) is 6.61 Å². The number of cyclic esters (lactones) is 1. The van der Waals surface area contributed by atoms with Gasteiger partial charge in [-0.3, -0.25) is 10.1 Å². The lowest BCUT2D eigenvalue weighted by Crippen LogP contribution is -2.31. The van der Waals surface area contributed by atoms with Crippen molar-refractivity contribution in [1.29, 1.82) is 0 Å². The van der Waals surface area contributed by atoms with Crippen molar-refractivity contribution in [2.75, 3.05) is 18.5 Å². The first-order valence-electron chi connectivity index (χ1n) is 8.11. The van der Waals surface area contributed by atoms with Gasteiger partial charge in [0.25, 0.3) is 0 Å². The van der Waals surface area contributed by atoms with Crippen molar-refractivity contribution in [3.63, 3.8) is 0 Å². The van der Waals surface area contributed by atoms with E-state index in [-0.39, 0.29) is 18.5 Å². The molecule has 1 aliphatic heterocycles. The van der Waals surface area contributed by atoms with Gasteiger partial charge in [-0.05, 0) is 52.9 Å². The molecule has 1 aromatic carbocycles. The number of halogens is 1. The molecular formula is C19H20BrNO4. The molecule has 5 nitrogen and oxygen atoms in total. The number of anilines is 1. The zero-order chi connectivity index (χ0) is 18.0. The lowest BCUT2D eigenvalue weighted by atomic mass is 9.75. The second-order valence-electron chi connectivity index (χ2n) is 6.59. The van der Waals surface area contributed by atoms with E-state index in [1.54, 1.807) is 6.07 Å². The molecule has 2 unspecified atom stereocenters. The van der Waals surface area contributed by atoms with E-state index in [0.717, 1.165) is 22.0 Å². The molecule has 1 saturated heterocycles. The molecule has 2 aliphatic rings. The maximum Gasteiger partial charge on any atom is 0.411 e. The van der Waals surface area contributed by atoms with Crippen LogP contribution in [0.3, 0.4) is 0 Å². The number of esters is 1. The van der Waals surface area contributed by atoms with E-state index in [0.29, 0.717) is 25.1 Å². The third-order valence-electron chi connectivity index (χ3n) is 4.83. The molecule has 2 atom stereocenters. The molecule has 132 valence electrons. The van der Waals surface area contributed by atoms with Gasteiger partial charge in [-0.25, -0.2) is 4.79 Å². The normalized spacial score (nSPS) is 24.6. The van der Waals surface area contributed by atoms with Crippen molar-refractivity contribution < 1.29 is 19.1 Å². The van der Waals surface area contributed by atoms with Crippen LogP contribution in [0.2, 0.25) is 0 Å². The molecule has 1 N–H and O–H groups in total. The predicted molar refractivity (Wildman–Crippen MR) is 98.3 cm³/mol. The van der Waals surface area contributed by atoms with E-state index in [4.69, 9.17) is 9.47 Å². The summed E-state index contributed by atoms with van der Waals surface area (Å²) < 4.78 is 11.0. The summed E-state index contributed by atoms with van der Waals surface area (Å²) in [7, 11) is 0. The van der Waals surface area contributed by atoms with Gasteiger partial charge in [-0.1, -0.05) is 30.9 Å². The smallest absolute Gasteiger partial charge is 0.411 e. The van der Waals surface area contributed by atoms with Crippen molar-refractivity contribution in [2.45, 2.75) is 19.3 Å². The van der Waals surface area contributed by atoms with Crippen molar-refractivity contribution in [1.82, 2.24) is 0 Å². The Hall–Kier alpha value is -2.08. The number of amides is 1. The fourth-order valence-electron chi connectivity index (χ4n) is 3.68. The number of hydrogen-bond donors (Lipinski definition) is 1. The molecular weight excluding hydrogens is 386 g/mol. The Labute approximate surface area is 155 Å². The summed E-state index contributed by atoms with van der Waals surface area (Å²) >= 11 is 3.47. The largest absolute Gasteiger partial charge is 0.465 e. The Bertz CT molecular complexity index is 745. The minimum absolute atomic E-state index is 0.123. The van der Waals surface area contributed by atoms with E-state index in [1.165, 1.54) is 6.08 Å². The molecule has 1 aliphatic carbocycles. The number of carbonyl (C=O) groups is 2. The van der Waals surface area contributed by atoms with Crippen LogP contribution in [0.4, 0.5) is 10.5 Å². The monoisotopic (exact) mass is 405 g/mol. The van der Waals surface area contributed by atoms with Crippen LogP contribution in [0.25, 0.3) is 0 Å². The van der Waals surface area contributed by atoms with Gasteiger partial charge in [0.2, 0.25) is 0 Å². The van der Waals surface area contributed by atoms with E-state index < -0.39 is 11.5 Å². The maximum atomic E-state index is 12.4. The Morgan fingerprint density at radius 3 is 3.04 bits per heavy atom. The summed E-state index contributed by atoms with van der Waals surface area (Å²) in [6, 6.07) is 5.62. The SMILES string of the molecule is C=CCOC(=O)Nc1ccc(CC23CC(=C)CC2COC3=O)cc1Br. The molecule has 0 spiro atoms. The summed E-state index contributed by atoms with van der Waals surface area (Å²) in [4.78, 5) is 24.0. The molecule has 1 amide bonds. The molecule has 6 heteroatoms. The minimum Gasteiger partial charge on any atom is -0.465 e. The van der Waals surface area contributed by atoms with Crippen LogP contribution in [0, 0.1) is 11.3 Å². The Kier molecular flexibility index (Phi) is 4.99.